The van der Waals surface area contributed by atoms with Crippen LogP contribution in [0.1, 0.15) is 0 Å². The molecule has 2 aliphatic heterocycles. The summed E-state index contributed by atoms with van der Waals surface area (Å²) < 4.78 is 13.1. The summed E-state index contributed by atoms with van der Waals surface area (Å²) >= 11 is 7.42. The molecule has 378 valence electrons. The summed E-state index contributed by atoms with van der Waals surface area (Å²) in [5.74, 6) is 0. The van der Waals surface area contributed by atoms with Gasteiger partial charge in [0.2, 0.25) is 0 Å². The Kier molecular flexibility index (Phi) is 11.6. The first-order valence-corrected chi connectivity index (χ1v) is 27.3. The molecule has 0 spiro atoms. The van der Waals surface area contributed by atoms with Gasteiger partial charge in [-0.2, -0.15) is 0 Å². The molecular weight excluding hydrogens is 999 g/mol. The van der Waals surface area contributed by atoms with Gasteiger partial charge in [-0.3, -0.25) is 0 Å². The number of hydrogen-bond acceptors (Lipinski definition) is 6. The quantitative estimate of drug-likeness (QED) is 0.141. The highest BCUT2D eigenvalue weighted by molar-refractivity contribution is 7.00. The van der Waals surface area contributed by atoms with E-state index in [0.717, 1.165) is 89.6 Å². The average molecular weight is 1050 g/mol. The second kappa shape index (κ2) is 19.7. The van der Waals surface area contributed by atoms with E-state index in [-0.39, 0.29) is 6.71 Å². The van der Waals surface area contributed by atoms with Crippen molar-refractivity contribution in [3.8, 4) is 0 Å². The first-order chi connectivity index (χ1) is 39.7. The molecule has 0 atom stereocenters. The SMILES string of the molecule is Clc1c(N(c2ccccc2)c2ccccc2)cccc1N(c1ccccc1)c1coc2ccc3ccccc3c12.c1ccc(N2c3ccccc3B3c4oc5ccc6ccccc6c5c4N(c4ccccc4)c4cccc2c43)cc1. The Labute approximate surface area is 468 Å². The smallest absolute Gasteiger partial charge is 0.297 e. The van der Waals surface area contributed by atoms with Crippen molar-refractivity contribution >= 4 is 147 Å². The van der Waals surface area contributed by atoms with Crippen LogP contribution in [0.4, 0.5) is 68.2 Å². The second-order valence-electron chi connectivity index (χ2n) is 20.1. The van der Waals surface area contributed by atoms with Gasteiger partial charge in [0.25, 0.3) is 6.71 Å². The average Bonchev–Trinajstić information content (AvgIpc) is 4.32. The molecule has 80 heavy (non-hydrogen) atoms. The van der Waals surface area contributed by atoms with Crippen LogP contribution in [0.3, 0.4) is 0 Å². The molecule has 2 aliphatic rings. The van der Waals surface area contributed by atoms with Crippen molar-refractivity contribution in [2.75, 3.05) is 19.6 Å². The van der Waals surface area contributed by atoms with E-state index in [1.807, 2.05) is 66.9 Å². The van der Waals surface area contributed by atoms with Gasteiger partial charge in [0.05, 0.1) is 44.2 Å². The number of furan rings is 2. The van der Waals surface area contributed by atoms with Crippen molar-refractivity contribution in [2.24, 2.45) is 0 Å². The first kappa shape index (κ1) is 47.0. The molecular formula is C72H48BClN4O2. The maximum Gasteiger partial charge on any atom is 0.297 e. The summed E-state index contributed by atoms with van der Waals surface area (Å²) in [5.41, 5.74) is 17.9. The van der Waals surface area contributed by atoms with Crippen LogP contribution in [0.15, 0.2) is 300 Å². The molecule has 12 aromatic carbocycles. The summed E-state index contributed by atoms with van der Waals surface area (Å²) in [4.78, 5) is 9.20. The van der Waals surface area contributed by atoms with Gasteiger partial charge in [-0.25, -0.2) is 0 Å². The fourth-order valence-corrected chi connectivity index (χ4v) is 12.5. The lowest BCUT2D eigenvalue weighted by atomic mass is 9.35. The predicted octanol–water partition coefficient (Wildman–Crippen LogP) is 18.8. The molecule has 14 aromatic rings. The molecule has 0 N–H and O–H groups in total. The lowest BCUT2D eigenvalue weighted by Crippen LogP contribution is -2.60. The maximum absolute atomic E-state index is 7.42. The molecule has 0 amide bonds. The van der Waals surface area contributed by atoms with Gasteiger partial charge in [0.1, 0.15) is 17.4 Å². The Morgan fingerprint density at radius 1 is 0.362 bits per heavy atom. The molecule has 0 bridgehead atoms. The molecule has 0 radical (unpaired) electrons. The van der Waals surface area contributed by atoms with Crippen LogP contribution in [-0.2, 0) is 0 Å². The number of anilines is 12. The molecule has 8 heteroatoms. The molecule has 16 rings (SSSR count). The van der Waals surface area contributed by atoms with Crippen molar-refractivity contribution < 1.29 is 8.83 Å². The zero-order valence-corrected chi connectivity index (χ0v) is 44.0. The standard InChI is InChI=1S/C36H23BN2O.C36H25ClN2O/c1-3-13-25(14-4-1)38-29-19-10-9-18-28(29)37-34-30(38)20-11-21-31(34)39(26-15-5-2-6-16-26)35-33-27-17-8-7-12-24(27)22-23-32(33)40-36(35)37;37-36-31(38(27-14-4-1-5-15-27)28-16-6-2-7-17-28)21-12-22-32(36)39(29-18-8-3-9-19-29)33-25-40-34-24-23-26-13-10-11-20-30(26)35(33)34/h1-23H;1-25H. The Bertz CT molecular complexity index is 4550. The second-order valence-corrected chi connectivity index (χ2v) is 20.5. The van der Waals surface area contributed by atoms with Crippen LogP contribution in [0.2, 0.25) is 5.02 Å². The van der Waals surface area contributed by atoms with Crippen molar-refractivity contribution in [1.29, 1.82) is 0 Å². The lowest BCUT2D eigenvalue weighted by molar-refractivity contribution is 0.616. The van der Waals surface area contributed by atoms with Crippen LogP contribution < -0.4 is 36.2 Å². The fraction of sp³-hybridized carbons (Fsp3) is 0. The third-order valence-corrected chi connectivity index (χ3v) is 16.0. The Morgan fingerprint density at radius 2 is 0.825 bits per heavy atom. The van der Waals surface area contributed by atoms with E-state index in [1.54, 1.807) is 0 Å². The maximum atomic E-state index is 7.42. The summed E-state index contributed by atoms with van der Waals surface area (Å²) in [7, 11) is 0. The van der Waals surface area contributed by atoms with Crippen LogP contribution >= 0.6 is 11.6 Å². The van der Waals surface area contributed by atoms with Gasteiger partial charge in [0.15, 0.2) is 0 Å². The van der Waals surface area contributed by atoms with E-state index in [4.69, 9.17) is 20.4 Å². The summed E-state index contributed by atoms with van der Waals surface area (Å²) in [6, 6.07) is 99.4. The highest BCUT2D eigenvalue weighted by Gasteiger charge is 2.46. The fourth-order valence-electron chi connectivity index (χ4n) is 12.2. The third kappa shape index (κ3) is 7.73. The molecule has 6 nitrogen and oxygen atoms in total. The van der Waals surface area contributed by atoms with Gasteiger partial charge in [-0.05, 0) is 136 Å². The number of halogens is 1. The van der Waals surface area contributed by atoms with E-state index in [1.165, 1.54) is 38.8 Å². The molecule has 0 saturated carbocycles. The van der Waals surface area contributed by atoms with Crippen LogP contribution in [0.25, 0.3) is 43.5 Å². The minimum absolute atomic E-state index is 0.0245. The number of nitrogens with zero attached hydrogens (tertiary/aromatic N) is 4. The van der Waals surface area contributed by atoms with Crippen LogP contribution in [0.5, 0.6) is 0 Å². The van der Waals surface area contributed by atoms with Gasteiger partial charge >= 0.3 is 0 Å². The van der Waals surface area contributed by atoms with Gasteiger partial charge < -0.3 is 28.4 Å². The van der Waals surface area contributed by atoms with E-state index in [2.05, 4.69) is 244 Å². The zero-order valence-electron chi connectivity index (χ0n) is 43.3. The van der Waals surface area contributed by atoms with Crippen molar-refractivity contribution in [2.45, 2.75) is 0 Å². The number of rotatable bonds is 8. The topological polar surface area (TPSA) is 39.2 Å². The Hall–Kier alpha value is -10.2. The Morgan fingerprint density at radius 3 is 1.45 bits per heavy atom. The predicted molar refractivity (Wildman–Crippen MR) is 336 cm³/mol. The monoisotopic (exact) mass is 1050 g/mol. The minimum atomic E-state index is -0.0245. The molecule has 0 fully saturated rings. The highest BCUT2D eigenvalue weighted by atomic mass is 35.5. The van der Waals surface area contributed by atoms with Gasteiger partial charge in [-0.15, -0.1) is 0 Å². The molecule has 4 heterocycles. The zero-order chi connectivity index (χ0) is 53.1. The van der Waals surface area contributed by atoms with Crippen molar-refractivity contribution in [3.63, 3.8) is 0 Å². The van der Waals surface area contributed by atoms with Gasteiger partial charge in [0, 0.05) is 45.5 Å². The van der Waals surface area contributed by atoms with Crippen molar-refractivity contribution in [1.82, 2.24) is 0 Å². The van der Waals surface area contributed by atoms with Crippen LogP contribution in [0, 0.1) is 0 Å². The normalized spacial score (nSPS) is 12.2. The number of benzene rings is 12. The van der Waals surface area contributed by atoms with E-state index >= 15 is 0 Å². The molecule has 0 unspecified atom stereocenters. The highest BCUT2D eigenvalue weighted by Crippen LogP contribution is 2.51. The first-order valence-electron chi connectivity index (χ1n) is 27.0. The number of para-hydroxylation sites is 6. The number of hydrogen-bond donors (Lipinski definition) is 0. The summed E-state index contributed by atoms with van der Waals surface area (Å²) in [5, 5.41) is 7.55. The Balaban J connectivity index is 0.000000138. The summed E-state index contributed by atoms with van der Waals surface area (Å²) in [6.45, 7) is -0.0245. The molecule has 0 saturated heterocycles. The van der Waals surface area contributed by atoms with Crippen molar-refractivity contribution in [3.05, 3.63) is 296 Å². The van der Waals surface area contributed by atoms with E-state index in [9.17, 15) is 0 Å². The third-order valence-electron chi connectivity index (χ3n) is 15.6. The van der Waals surface area contributed by atoms with E-state index in [0.29, 0.717) is 5.02 Å². The lowest BCUT2D eigenvalue weighted by Gasteiger charge is -2.42. The van der Waals surface area contributed by atoms with E-state index < -0.39 is 0 Å². The molecule has 0 aliphatic carbocycles. The largest absolute Gasteiger partial charge is 0.468 e. The van der Waals surface area contributed by atoms with Gasteiger partial charge in [-0.1, -0.05) is 194 Å². The number of fused-ring (bicyclic) bond motifs is 11. The van der Waals surface area contributed by atoms with Crippen LogP contribution in [-0.4, -0.2) is 6.71 Å². The summed E-state index contributed by atoms with van der Waals surface area (Å²) in [6.07, 6.45) is 1.83. The minimum Gasteiger partial charge on any atom is -0.468 e. The molecule has 2 aromatic heterocycles.